The molecule has 0 saturated carbocycles. The number of carbonyl (C=O) groups is 2. The Bertz CT molecular complexity index is 1090. The Morgan fingerprint density at radius 1 is 1.29 bits per heavy atom. The fourth-order valence-corrected chi connectivity index (χ4v) is 6.35. The van der Waals surface area contributed by atoms with Crippen molar-refractivity contribution in [3.63, 3.8) is 0 Å². The molecule has 1 spiro atoms. The number of carbonyl (C=O) groups excluding carboxylic acids is 2. The number of urea groups is 1. The Balaban J connectivity index is 1.70. The quantitative estimate of drug-likeness (QED) is 0.518. The summed E-state index contributed by atoms with van der Waals surface area (Å²) in [6, 6.07) is 3.79. The highest BCUT2D eigenvalue weighted by Gasteiger charge is 2.55. The summed E-state index contributed by atoms with van der Waals surface area (Å²) < 4.78 is 11.0. The van der Waals surface area contributed by atoms with Gasteiger partial charge in [0.2, 0.25) is 0 Å². The fourth-order valence-electron chi connectivity index (χ4n) is 5.66. The Kier molecular flexibility index (Phi) is 7.12. The average molecular weight is 498 g/mol. The highest BCUT2D eigenvalue weighted by atomic mass is 32.1. The number of fused-ring (bicyclic) bond motifs is 2. The molecule has 3 aliphatic heterocycles. The summed E-state index contributed by atoms with van der Waals surface area (Å²) in [6.45, 7) is 12.4. The predicted octanol–water partition coefficient (Wildman–Crippen LogP) is 5.02. The Morgan fingerprint density at radius 3 is 2.57 bits per heavy atom. The minimum Gasteiger partial charge on any atom is -0.501 e. The smallest absolute Gasteiger partial charge is 0.325 e. The zero-order valence-electron chi connectivity index (χ0n) is 21.3. The maximum atomic E-state index is 13.8. The molecule has 35 heavy (non-hydrogen) atoms. The van der Waals surface area contributed by atoms with Crippen molar-refractivity contribution in [3.05, 3.63) is 69.5 Å². The monoisotopic (exact) mass is 497 g/mol. The van der Waals surface area contributed by atoms with Crippen LogP contribution in [0.1, 0.15) is 43.3 Å². The van der Waals surface area contributed by atoms with Crippen LogP contribution >= 0.6 is 11.3 Å². The molecule has 0 bridgehead atoms. The summed E-state index contributed by atoms with van der Waals surface area (Å²) in [7, 11) is 3.26. The number of amides is 3. The van der Waals surface area contributed by atoms with Crippen LogP contribution in [0.5, 0.6) is 0 Å². The van der Waals surface area contributed by atoms with Gasteiger partial charge in [0.05, 0.1) is 36.9 Å². The molecule has 0 aromatic carbocycles. The number of nitrogens with zero attached hydrogens (tertiary/aromatic N) is 3. The number of hydrogen-bond donors (Lipinski definition) is 0. The summed E-state index contributed by atoms with van der Waals surface area (Å²) >= 11 is 1.47. The number of ether oxygens (including phenoxy) is 2. The fraction of sp³-hybridized carbons (Fsp3) is 0.481. The van der Waals surface area contributed by atoms with Crippen molar-refractivity contribution in [1.29, 1.82) is 0 Å². The van der Waals surface area contributed by atoms with E-state index in [0.29, 0.717) is 44.8 Å². The van der Waals surface area contributed by atoms with Crippen molar-refractivity contribution in [3.8, 4) is 0 Å². The van der Waals surface area contributed by atoms with E-state index in [1.54, 1.807) is 14.2 Å². The molecular weight excluding hydrogens is 462 g/mol. The Hall–Kier alpha value is -3.00. The second-order valence-electron chi connectivity index (χ2n) is 9.28. The van der Waals surface area contributed by atoms with Crippen LogP contribution in [0.2, 0.25) is 0 Å². The molecule has 4 rings (SSSR count). The van der Waals surface area contributed by atoms with E-state index in [1.807, 2.05) is 52.1 Å². The zero-order chi connectivity index (χ0) is 25.3. The second-order valence-corrected chi connectivity index (χ2v) is 10.2. The zero-order valence-corrected chi connectivity index (χ0v) is 22.1. The van der Waals surface area contributed by atoms with E-state index >= 15 is 0 Å². The maximum Gasteiger partial charge on any atom is 0.325 e. The van der Waals surface area contributed by atoms with Crippen LogP contribution in [0, 0.1) is 5.92 Å². The van der Waals surface area contributed by atoms with Gasteiger partial charge in [-0.05, 0) is 49.8 Å². The molecule has 0 radical (unpaired) electrons. The van der Waals surface area contributed by atoms with Crippen LogP contribution in [0.4, 0.5) is 4.79 Å². The highest BCUT2D eigenvalue weighted by molar-refractivity contribution is 7.12. The van der Waals surface area contributed by atoms with E-state index in [0.717, 1.165) is 27.5 Å². The van der Waals surface area contributed by atoms with E-state index < -0.39 is 5.54 Å². The van der Waals surface area contributed by atoms with Gasteiger partial charge in [0.25, 0.3) is 5.91 Å². The summed E-state index contributed by atoms with van der Waals surface area (Å²) in [5.41, 5.74) is 2.53. The van der Waals surface area contributed by atoms with Crippen LogP contribution in [0.15, 0.2) is 64.6 Å². The van der Waals surface area contributed by atoms with Crippen LogP contribution in [0.25, 0.3) is 0 Å². The number of hydrogen-bond acceptors (Lipinski definition) is 5. The SMILES string of the molecule is C=C(OC)C1=C(C=C(C)OC)CN2C(=O)N(CC)C3(CCN(C(=O)c4cccs4)CC3)C2=CC1C. The molecule has 1 aromatic heterocycles. The van der Waals surface area contributed by atoms with Crippen LogP contribution < -0.4 is 0 Å². The van der Waals surface area contributed by atoms with Gasteiger partial charge in [0, 0.05) is 36.8 Å². The van der Waals surface area contributed by atoms with Gasteiger partial charge in [0.15, 0.2) is 0 Å². The lowest BCUT2D eigenvalue weighted by molar-refractivity contribution is 0.0579. The van der Waals surface area contributed by atoms with Crippen molar-refractivity contribution in [2.24, 2.45) is 5.92 Å². The molecule has 0 aliphatic carbocycles. The molecule has 1 aromatic rings. The summed E-state index contributed by atoms with van der Waals surface area (Å²) in [6.07, 6.45) is 5.60. The standard InChI is InChI=1S/C27H35N3O4S/c1-7-30-26(32)29-17-21(16-19(3)33-5)24(20(4)34-6)18(2)15-23(29)27(30)10-12-28(13-11-27)25(31)22-9-8-14-35-22/h8-9,14-16,18H,4,7,10-13,17H2,1-3,5-6H3. The normalized spacial score (nSPS) is 22.3. The van der Waals surface area contributed by atoms with E-state index in [-0.39, 0.29) is 17.9 Å². The average Bonchev–Trinajstić information content (AvgIpc) is 3.42. The lowest BCUT2D eigenvalue weighted by atomic mass is 9.82. The third-order valence-corrected chi connectivity index (χ3v) is 8.31. The molecule has 1 unspecified atom stereocenters. The number of thiophene rings is 1. The first-order valence-corrected chi connectivity index (χ1v) is 13.0. The molecule has 1 atom stereocenters. The molecule has 4 heterocycles. The molecule has 7 nitrogen and oxygen atoms in total. The topological polar surface area (TPSA) is 62.3 Å². The summed E-state index contributed by atoms with van der Waals surface area (Å²) in [5.74, 6) is 1.41. The lowest BCUT2D eigenvalue weighted by Crippen LogP contribution is -2.54. The first kappa shape index (κ1) is 25.1. The Morgan fingerprint density at radius 2 is 2.00 bits per heavy atom. The molecular formula is C27H35N3O4S. The van der Waals surface area contributed by atoms with Crippen LogP contribution in [-0.2, 0) is 9.47 Å². The molecule has 188 valence electrons. The minimum absolute atomic E-state index is 0.00855. The van der Waals surface area contributed by atoms with Crippen molar-refractivity contribution >= 4 is 23.3 Å². The van der Waals surface area contributed by atoms with Crippen LogP contribution in [-0.4, -0.2) is 72.6 Å². The van der Waals surface area contributed by atoms with Gasteiger partial charge < -0.3 is 19.3 Å². The number of allylic oxidation sites excluding steroid dienone is 3. The maximum absolute atomic E-state index is 13.8. The van der Waals surface area contributed by atoms with Gasteiger partial charge in [-0.25, -0.2) is 4.79 Å². The number of piperidine rings is 1. The van der Waals surface area contributed by atoms with Crippen molar-refractivity contribution in [2.45, 2.75) is 39.2 Å². The largest absolute Gasteiger partial charge is 0.501 e. The van der Waals surface area contributed by atoms with Gasteiger partial charge in [-0.3, -0.25) is 9.69 Å². The van der Waals surface area contributed by atoms with E-state index in [4.69, 9.17) is 9.47 Å². The second kappa shape index (κ2) is 9.93. The Labute approximate surface area is 212 Å². The van der Waals surface area contributed by atoms with Gasteiger partial charge in [-0.2, -0.15) is 0 Å². The van der Waals surface area contributed by atoms with E-state index in [1.165, 1.54) is 11.3 Å². The van der Waals surface area contributed by atoms with Gasteiger partial charge in [-0.15, -0.1) is 11.3 Å². The molecule has 2 fully saturated rings. The number of likely N-dealkylation sites (tertiary alicyclic amines) is 1. The number of likely N-dealkylation sites (N-methyl/N-ethyl adjacent to an activating group) is 1. The van der Waals surface area contributed by atoms with Crippen molar-refractivity contribution in [2.75, 3.05) is 40.4 Å². The highest BCUT2D eigenvalue weighted by Crippen LogP contribution is 2.47. The van der Waals surface area contributed by atoms with Crippen molar-refractivity contribution in [1.82, 2.24) is 14.7 Å². The van der Waals surface area contributed by atoms with Crippen molar-refractivity contribution < 1.29 is 19.1 Å². The lowest BCUT2D eigenvalue weighted by Gasteiger charge is -2.44. The van der Waals surface area contributed by atoms with Crippen LogP contribution in [0.3, 0.4) is 0 Å². The van der Waals surface area contributed by atoms with Gasteiger partial charge >= 0.3 is 6.03 Å². The molecule has 3 aliphatic rings. The van der Waals surface area contributed by atoms with Gasteiger partial charge in [-0.1, -0.05) is 25.6 Å². The third kappa shape index (κ3) is 4.29. The molecule has 2 saturated heterocycles. The first-order chi connectivity index (χ1) is 16.8. The summed E-state index contributed by atoms with van der Waals surface area (Å²) in [5, 5.41) is 1.93. The van der Waals surface area contributed by atoms with Gasteiger partial charge in [0.1, 0.15) is 5.76 Å². The summed E-state index contributed by atoms with van der Waals surface area (Å²) in [4.78, 5) is 33.3. The third-order valence-electron chi connectivity index (χ3n) is 7.46. The van der Waals surface area contributed by atoms with E-state index in [2.05, 4.69) is 19.6 Å². The molecule has 8 heteroatoms. The molecule has 3 amide bonds. The predicted molar refractivity (Wildman–Crippen MR) is 138 cm³/mol. The minimum atomic E-state index is -0.429. The first-order valence-electron chi connectivity index (χ1n) is 12.1. The number of methoxy groups -OCH3 is 2. The van der Waals surface area contributed by atoms with E-state index in [9.17, 15) is 9.59 Å². The molecule has 0 N–H and O–H groups in total. The number of rotatable bonds is 6.